The third kappa shape index (κ3) is 6.04. The zero-order chi connectivity index (χ0) is 20.5. The third-order valence-electron chi connectivity index (χ3n) is 6.10. The van der Waals surface area contributed by atoms with E-state index in [4.69, 9.17) is 4.74 Å². The van der Waals surface area contributed by atoms with Crippen LogP contribution in [-0.4, -0.2) is 6.61 Å². The zero-order valence-corrected chi connectivity index (χ0v) is 17.7. The lowest BCUT2D eigenvalue weighted by Gasteiger charge is -2.22. The molecule has 1 aliphatic rings. The molecule has 0 unspecified atom stereocenters. The molecule has 0 bridgehead atoms. The van der Waals surface area contributed by atoms with Crippen molar-refractivity contribution in [2.75, 3.05) is 6.61 Å². The van der Waals surface area contributed by atoms with Crippen molar-refractivity contribution in [1.29, 1.82) is 0 Å². The summed E-state index contributed by atoms with van der Waals surface area (Å²) in [6.45, 7) is 2.62. The van der Waals surface area contributed by atoms with Crippen molar-refractivity contribution < 1.29 is 13.5 Å². The van der Waals surface area contributed by atoms with Gasteiger partial charge in [-0.1, -0.05) is 82.6 Å². The Bertz CT molecular complexity index is 748. The summed E-state index contributed by atoms with van der Waals surface area (Å²) in [5.41, 5.74) is 2.32. The second-order valence-electron chi connectivity index (χ2n) is 8.31. The molecule has 2 aromatic carbocycles. The Morgan fingerprint density at radius 2 is 1.48 bits per heavy atom. The van der Waals surface area contributed by atoms with E-state index in [1.165, 1.54) is 63.4 Å². The van der Waals surface area contributed by atoms with Crippen LogP contribution in [0.2, 0.25) is 0 Å². The van der Waals surface area contributed by atoms with Gasteiger partial charge in [0.25, 0.3) is 0 Å². The molecule has 0 atom stereocenters. The van der Waals surface area contributed by atoms with Crippen LogP contribution in [0.15, 0.2) is 36.4 Å². The van der Waals surface area contributed by atoms with E-state index in [1.807, 2.05) is 12.1 Å². The highest BCUT2D eigenvalue weighted by Crippen LogP contribution is 2.35. The molecule has 0 saturated heterocycles. The van der Waals surface area contributed by atoms with Gasteiger partial charge in [-0.3, -0.25) is 0 Å². The Balaban J connectivity index is 1.58. The minimum atomic E-state index is -0.884. The summed E-state index contributed by atoms with van der Waals surface area (Å²) in [5, 5.41) is 0. The minimum absolute atomic E-state index is 0.0126. The summed E-state index contributed by atoms with van der Waals surface area (Å²) in [6.07, 6.45) is 13.2. The smallest absolute Gasteiger partial charge is 0.201 e. The molecule has 1 saturated carbocycles. The predicted octanol–water partition coefficient (Wildman–Crippen LogP) is 8.42. The number of hydrogen-bond donors (Lipinski definition) is 0. The molecule has 3 rings (SSSR count). The van der Waals surface area contributed by atoms with Gasteiger partial charge in [-0.2, -0.15) is 4.39 Å². The molecule has 0 N–H and O–H groups in total. The van der Waals surface area contributed by atoms with Crippen LogP contribution < -0.4 is 4.74 Å². The van der Waals surface area contributed by atoms with Gasteiger partial charge in [0.15, 0.2) is 11.6 Å². The molecular formula is C26H34F2O. The highest BCUT2D eigenvalue weighted by atomic mass is 19.2. The lowest BCUT2D eigenvalue weighted by Crippen LogP contribution is -2.04. The van der Waals surface area contributed by atoms with E-state index in [-0.39, 0.29) is 5.75 Å². The fraction of sp³-hybridized carbons (Fsp3) is 0.538. The van der Waals surface area contributed by atoms with E-state index >= 15 is 0 Å². The van der Waals surface area contributed by atoms with Crippen LogP contribution in [0.25, 0.3) is 11.1 Å². The minimum Gasteiger partial charge on any atom is -0.490 e. The second-order valence-corrected chi connectivity index (χ2v) is 8.31. The standard InChI is InChI=1S/C26H34F2O/c1-2-3-4-5-6-10-19-29-24-18-17-23(25(27)26(24)28)22-15-13-21(14-16-22)20-11-8-7-9-12-20/h13-18,20H,2-12,19H2,1H3. The molecule has 0 aromatic heterocycles. The van der Waals surface area contributed by atoms with Gasteiger partial charge in [0.1, 0.15) is 0 Å². The molecular weight excluding hydrogens is 366 g/mol. The lowest BCUT2D eigenvalue weighted by atomic mass is 9.83. The van der Waals surface area contributed by atoms with Gasteiger partial charge in [-0.05, 0) is 48.4 Å². The molecule has 0 spiro atoms. The van der Waals surface area contributed by atoms with Gasteiger partial charge >= 0.3 is 0 Å². The molecule has 0 radical (unpaired) electrons. The molecule has 29 heavy (non-hydrogen) atoms. The largest absolute Gasteiger partial charge is 0.490 e. The fourth-order valence-electron chi connectivity index (χ4n) is 4.30. The Hall–Kier alpha value is -1.90. The molecule has 1 fully saturated rings. The van der Waals surface area contributed by atoms with Gasteiger partial charge in [0, 0.05) is 5.56 Å². The lowest BCUT2D eigenvalue weighted by molar-refractivity contribution is 0.285. The van der Waals surface area contributed by atoms with Gasteiger partial charge in [0.2, 0.25) is 5.82 Å². The number of rotatable bonds is 10. The van der Waals surface area contributed by atoms with Crippen molar-refractivity contribution in [3.63, 3.8) is 0 Å². The average molecular weight is 401 g/mol. The van der Waals surface area contributed by atoms with Crippen molar-refractivity contribution >= 4 is 0 Å². The summed E-state index contributed by atoms with van der Waals surface area (Å²) in [6, 6.07) is 11.2. The fourth-order valence-corrected chi connectivity index (χ4v) is 4.30. The van der Waals surface area contributed by atoms with Gasteiger partial charge < -0.3 is 4.74 Å². The van der Waals surface area contributed by atoms with Crippen LogP contribution in [0, 0.1) is 11.6 Å². The Morgan fingerprint density at radius 3 is 2.21 bits per heavy atom. The molecule has 3 heteroatoms. The zero-order valence-electron chi connectivity index (χ0n) is 17.7. The van der Waals surface area contributed by atoms with E-state index < -0.39 is 11.6 Å². The summed E-state index contributed by atoms with van der Waals surface area (Å²) in [5.74, 6) is -1.09. The molecule has 1 nitrogen and oxygen atoms in total. The first-order valence-corrected chi connectivity index (χ1v) is 11.4. The SMILES string of the molecule is CCCCCCCCOc1ccc(-c2ccc(C3CCCCC3)cc2)c(F)c1F. The summed E-state index contributed by atoms with van der Waals surface area (Å²) < 4.78 is 34.7. The Labute approximate surface area is 174 Å². The molecule has 158 valence electrons. The van der Waals surface area contributed by atoms with Crippen LogP contribution in [-0.2, 0) is 0 Å². The van der Waals surface area contributed by atoms with Crippen molar-refractivity contribution in [2.45, 2.75) is 83.5 Å². The summed E-state index contributed by atoms with van der Waals surface area (Å²) in [7, 11) is 0. The van der Waals surface area contributed by atoms with Crippen LogP contribution in [0.1, 0.15) is 89.0 Å². The maximum absolute atomic E-state index is 14.7. The Morgan fingerprint density at radius 1 is 0.793 bits per heavy atom. The van der Waals surface area contributed by atoms with Crippen LogP contribution in [0.3, 0.4) is 0 Å². The third-order valence-corrected chi connectivity index (χ3v) is 6.10. The van der Waals surface area contributed by atoms with E-state index in [0.717, 1.165) is 12.8 Å². The number of hydrogen-bond acceptors (Lipinski definition) is 1. The monoisotopic (exact) mass is 400 g/mol. The average Bonchev–Trinajstić information content (AvgIpc) is 2.77. The highest BCUT2D eigenvalue weighted by Gasteiger charge is 2.18. The van der Waals surface area contributed by atoms with Crippen LogP contribution in [0.4, 0.5) is 8.78 Å². The van der Waals surface area contributed by atoms with Crippen LogP contribution in [0.5, 0.6) is 5.75 Å². The molecule has 1 aliphatic carbocycles. The van der Waals surface area contributed by atoms with E-state index in [0.29, 0.717) is 23.7 Å². The molecule has 0 aliphatic heterocycles. The van der Waals surface area contributed by atoms with Gasteiger partial charge in [-0.25, -0.2) is 4.39 Å². The van der Waals surface area contributed by atoms with Gasteiger partial charge in [-0.15, -0.1) is 0 Å². The molecule has 0 amide bonds. The van der Waals surface area contributed by atoms with Gasteiger partial charge in [0.05, 0.1) is 6.61 Å². The maximum atomic E-state index is 14.7. The van der Waals surface area contributed by atoms with E-state index in [2.05, 4.69) is 19.1 Å². The van der Waals surface area contributed by atoms with Crippen LogP contribution >= 0.6 is 0 Å². The first-order valence-electron chi connectivity index (χ1n) is 11.4. The van der Waals surface area contributed by atoms with E-state index in [9.17, 15) is 8.78 Å². The first-order chi connectivity index (χ1) is 14.2. The second kappa shape index (κ2) is 11.3. The Kier molecular flexibility index (Phi) is 8.52. The molecule has 0 heterocycles. The van der Waals surface area contributed by atoms with E-state index in [1.54, 1.807) is 12.1 Å². The van der Waals surface area contributed by atoms with Crippen molar-refractivity contribution in [3.05, 3.63) is 53.6 Å². The number of halogens is 2. The summed E-state index contributed by atoms with van der Waals surface area (Å²) in [4.78, 5) is 0. The maximum Gasteiger partial charge on any atom is 0.201 e. The van der Waals surface area contributed by atoms with Crippen molar-refractivity contribution in [1.82, 2.24) is 0 Å². The number of ether oxygens (including phenoxy) is 1. The molecule has 2 aromatic rings. The van der Waals surface area contributed by atoms with Crippen molar-refractivity contribution in [3.8, 4) is 16.9 Å². The summed E-state index contributed by atoms with van der Waals surface area (Å²) >= 11 is 0. The number of benzene rings is 2. The first kappa shape index (κ1) is 21.8. The predicted molar refractivity (Wildman–Crippen MR) is 116 cm³/mol. The topological polar surface area (TPSA) is 9.23 Å². The normalized spacial score (nSPS) is 14.9. The quantitative estimate of drug-likeness (QED) is 0.364. The highest BCUT2D eigenvalue weighted by molar-refractivity contribution is 5.65. The van der Waals surface area contributed by atoms with Crippen molar-refractivity contribution in [2.24, 2.45) is 0 Å². The number of unbranched alkanes of at least 4 members (excludes halogenated alkanes) is 5.